The SMILES string of the molecule is Cc1cc(C(=O)OC(C)(C)C)ccc1-c1cnc(C)c(B2OC(C)(C)C(C)(C)O2)c1. The van der Waals surface area contributed by atoms with Crippen molar-refractivity contribution in [2.45, 2.75) is 79.1 Å². The van der Waals surface area contributed by atoms with Gasteiger partial charge in [0.05, 0.1) is 16.8 Å². The third kappa shape index (κ3) is 4.45. The van der Waals surface area contributed by atoms with Crippen LogP contribution in [0.1, 0.15) is 70.1 Å². The summed E-state index contributed by atoms with van der Waals surface area (Å²) < 4.78 is 17.9. The average molecular weight is 409 g/mol. The number of hydrogen-bond acceptors (Lipinski definition) is 5. The van der Waals surface area contributed by atoms with E-state index in [0.717, 1.165) is 27.8 Å². The zero-order valence-corrected chi connectivity index (χ0v) is 19.5. The number of rotatable bonds is 3. The van der Waals surface area contributed by atoms with Gasteiger partial charge in [-0.1, -0.05) is 12.1 Å². The van der Waals surface area contributed by atoms with Gasteiger partial charge >= 0.3 is 13.1 Å². The van der Waals surface area contributed by atoms with Crippen molar-refractivity contribution in [1.82, 2.24) is 4.98 Å². The third-order valence-corrected chi connectivity index (χ3v) is 5.81. The predicted octanol–water partition coefficient (Wildman–Crippen LogP) is 4.62. The highest BCUT2D eigenvalue weighted by Crippen LogP contribution is 2.37. The Hall–Kier alpha value is -2.18. The molecule has 1 saturated heterocycles. The Balaban J connectivity index is 1.93. The van der Waals surface area contributed by atoms with Crippen molar-refractivity contribution in [3.63, 3.8) is 0 Å². The van der Waals surface area contributed by atoms with Gasteiger partial charge in [0.15, 0.2) is 0 Å². The third-order valence-electron chi connectivity index (χ3n) is 5.81. The number of pyridine rings is 1. The number of aromatic nitrogens is 1. The van der Waals surface area contributed by atoms with Crippen molar-refractivity contribution in [1.29, 1.82) is 0 Å². The molecule has 0 spiro atoms. The van der Waals surface area contributed by atoms with Gasteiger partial charge in [-0.05, 0) is 91.1 Å². The van der Waals surface area contributed by atoms with Crippen LogP contribution in [0, 0.1) is 13.8 Å². The van der Waals surface area contributed by atoms with Crippen LogP contribution in [0.25, 0.3) is 11.1 Å². The Morgan fingerprint density at radius 2 is 1.63 bits per heavy atom. The first kappa shape index (κ1) is 22.5. The zero-order chi connectivity index (χ0) is 22.5. The second-order valence-corrected chi connectivity index (χ2v) is 10.0. The van der Waals surface area contributed by atoms with Gasteiger partial charge in [-0.25, -0.2) is 4.79 Å². The fourth-order valence-corrected chi connectivity index (χ4v) is 3.36. The lowest BCUT2D eigenvalue weighted by Gasteiger charge is -2.32. The fourth-order valence-electron chi connectivity index (χ4n) is 3.36. The van der Waals surface area contributed by atoms with E-state index in [-0.39, 0.29) is 5.97 Å². The number of carbonyl (C=O) groups is 1. The van der Waals surface area contributed by atoms with Crippen LogP contribution in [0.4, 0.5) is 0 Å². The molecule has 0 unspecified atom stereocenters. The standard InChI is InChI=1S/C24H32BNO4/c1-15-12-17(21(27)28-22(3,4)5)10-11-19(15)18-13-20(16(2)26-14-18)25-29-23(6,7)24(8,9)30-25/h10-14H,1-9H3. The molecule has 2 heterocycles. The number of carbonyl (C=O) groups excluding carboxylic acids is 1. The van der Waals surface area contributed by atoms with E-state index in [1.54, 1.807) is 6.07 Å². The molecule has 3 rings (SSSR count). The van der Waals surface area contributed by atoms with Crippen molar-refractivity contribution in [3.8, 4) is 11.1 Å². The summed E-state index contributed by atoms with van der Waals surface area (Å²) in [5.74, 6) is -0.322. The molecule has 1 aliphatic heterocycles. The quantitative estimate of drug-likeness (QED) is 0.547. The highest BCUT2D eigenvalue weighted by molar-refractivity contribution is 6.62. The van der Waals surface area contributed by atoms with E-state index in [1.807, 2.05) is 80.6 Å². The van der Waals surface area contributed by atoms with Gasteiger partial charge in [-0.3, -0.25) is 4.98 Å². The number of hydrogen-bond donors (Lipinski definition) is 0. The predicted molar refractivity (Wildman–Crippen MR) is 120 cm³/mol. The summed E-state index contributed by atoms with van der Waals surface area (Å²) >= 11 is 0. The molecular weight excluding hydrogens is 377 g/mol. The van der Waals surface area contributed by atoms with Crippen LogP contribution in [-0.4, -0.2) is 34.9 Å². The van der Waals surface area contributed by atoms with E-state index in [4.69, 9.17) is 14.0 Å². The van der Waals surface area contributed by atoms with Crippen molar-refractivity contribution in [3.05, 3.63) is 47.3 Å². The van der Waals surface area contributed by atoms with Crippen LogP contribution >= 0.6 is 0 Å². The molecule has 0 bridgehead atoms. The van der Waals surface area contributed by atoms with E-state index in [0.29, 0.717) is 5.56 Å². The molecule has 0 radical (unpaired) electrons. The number of benzene rings is 1. The molecule has 0 aliphatic carbocycles. The lowest BCUT2D eigenvalue weighted by atomic mass is 9.77. The van der Waals surface area contributed by atoms with Gasteiger partial charge in [-0.15, -0.1) is 0 Å². The molecular formula is C24H32BNO4. The van der Waals surface area contributed by atoms with E-state index < -0.39 is 23.9 Å². The molecule has 30 heavy (non-hydrogen) atoms. The largest absolute Gasteiger partial charge is 0.496 e. The minimum Gasteiger partial charge on any atom is -0.456 e. The lowest BCUT2D eigenvalue weighted by Crippen LogP contribution is -2.41. The molecule has 1 aromatic heterocycles. The Kier molecular flexibility index (Phi) is 5.63. The molecule has 1 aliphatic rings. The minimum atomic E-state index is -0.526. The highest BCUT2D eigenvalue weighted by Gasteiger charge is 2.52. The smallest absolute Gasteiger partial charge is 0.456 e. The Morgan fingerprint density at radius 3 is 2.17 bits per heavy atom. The maximum absolute atomic E-state index is 12.4. The summed E-state index contributed by atoms with van der Waals surface area (Å²) in [4.78, 5) is 17.0. The highest BCUT2D eigenvalue weighted by atomic mass is 16.7. The summed E-state index contributed by atoms with van der Waals surface area (Å²) in [5, 5.41) is 0. The van der Waals surface area contributed by atoms with E-state index >= 15 is 0 Å². The number of nitrogens with zero attached hydrogens (tertiary/aromatic N) is 1. The van der Waals surface area contributed by atoms with Gasteiger partial charge in [0.2, 0.25) is 0 Å². The molecule has 5 nitrogen and oxygen atoms in total. The lowest BCUT2D eigenvalue weighted by molar-refractivity contribution is 0.00578. The molecule has 1 fully saturated rings. The molecule has 0 N–H and O–H groups in total. The average Bonchev–Trinajstić information content (AvgIpc) is 2.81. The van der Waals surface area contributed by atoms with Crippen molar-refractivity contribution in [2.75, 3.05) is 0 Å². The molecule has 160 valence electrons. The number of esters is 1. The van der Waals surface area contributed by atoms with Crippen LogP contribution in [0.5, 0.6) is 0 Å². The Bertz CT molecular complexity index is 960. The van der Waals surface area contributed by atoms with E-state index in [2.05, 4.69) is 11.1 Å². The van der Waals surface area contributed by atoms with Crippen LogP contribution in [-0.2, 0) is 14.0 Å². The van der Waals surface area contributed by atoms with Gasteiger partial charge in [-0.2, -0.15) is 0 Å². The summed E-state index contributed by atoms with van der Waals surface area (Å²) in [6, 6.07) is 7.66. The van der Waals surface area contributed by atoms with Gasteiger partial charge in [0.1, 0.15) is 5.60 Å². The van der Waals surface area contributed by atoms with E-state index in [1.165, 1.54) is 0 Å². The van der Waals surface area contributed by atoms with E-state index in [9.17, 15) is 4.79 Å². The van der Waals surface area contributed by atoms with Gasteiger partial charge in [0.25, 0.3) is 0 Å². The number of aryl methyl sites for hydroxylation is 2. The fraction of sp³-hybridized carbons (Fsp3) is 0.500. The summed E-state index contributed by atoms with van der Waals surface area (Å²) in [5.41, 5.74) is 3.92. The van der Waals surface area contributed by atoms with Crippen LogP contribution in [0.15, 0.2) is 30.5 Å². The first-order valence-corrected chi connectivity index (χ1v) is 10.4. The first-order valence-electron chi connectivity index (χ1n) is 10.4. The molecule has 0 saturated carbocycles. The number of ether oxygens (including phenoxy) is 1. The first-order chi connectivity index (χ1) is 13.7. The molecule has 6 heteroatoms. The monoisotopic (exact) mass is 409 g/mol. The van der Waals surface area contributed by atoms with Crippen molar-refractivity contribution < 1.29 is 18.8 Å². The molecule has 0 atom stereocenters. The van der Waals surface area contributed by atoms with Gasteiger partial charge in [0, 0.05) is 17.4 Å². The zero-order valence-electron chi connectivity index (χ0n) is 19.5. The molecule has 1 aromatic carbocycles. The van der Waals surface area contributed by atoms with Crippen molar-refractivity contribution >= 4 is 18.6 Å². The second-order valence-electron chi connectivity index (χ2n) is 10.0. The van der Waals surface area contributed by atoms with Crippen LogP contribution in [0.2, 0.25) is 0 Å². The van der Waals surface area contributed by atoms with Crippen LogP contribution in [0.3, 0.4) is 0 Å². The maximum atomic E-state index is 12.4. The second kappa shape index (κ2) is 7.50. The minimum absolute atomic E-state index is 0.322. The maximum Gasteiger partial charge on any atom is 0.496 e. The summed E-state index contributed by atoms with van der Waals surface area (Å²) in [6.45, 7) is 17.7. The topological polar surface area (TPSA) is 57.7 Å². The Morgan fingerprint density at radius 1 is 1.03 bits per heavy atom. The van der Waals surface area contributed by atoms with Crippen molar-refractivity contribution in [2.24, 2.45) is 0 Å². The normalized spacial score (nSPS) is 17.8. The summed E-state index contributed by atoms with van der Waals surface area (Å²) in [6.07, 6.45) is 1.85. The van der Waals surface area contributed by atoms with Crippen LogP contribution < -0.4 is 5.46 Å². The molecule has 2 aromatic rings. The molecule has 0 amide bonds. The Labute approximate surface area is 180 Å². The summed E-state index contributed by atoms with van der Waals surface area (Å²) in [7, 11) is -0.469. The van der Waals surface area contributed by atoms with Gasteiger partial charge < -0.3 is 14.0 Å².